The van der Waals surface area contributed by atoms with Crippen molar-refractivity contribution >= 4 is 23.9 Å². The minimum absolute atomic E-state index is 0.211. The highest BCUT2D eigenvalue weighted by molar-refractivity contribution is 6.08. The topological polar surface area (TPSA) is 61.8 Å². The van der Waals surface area contributed by atoms with Gasteiger partial charge in [-0.1, -0.05) is 48.5 Å². The minimum Gasteiger partial charge on any atom is -0.497 e. The molecule has 0 atom stereocenters. The van der Waals surface area contributed by atoms with Gasteiger partial charge in [-0.05, 0) is 53.6 Å². The van der Waals surface area contributed by atoms with Gasteiger partial charge in [-0.15, -0.1) is 0 Å². The zero-order valence-electron chi connectivity index (χ0n) is 17.3. The molecule has 0 spiro atoms. The van der Waals surface area contributed by atoms with Crippen LogP contribution in [0.3, 0.4) is 0 Å². The normalized spacial score (nSPS) is 10.9. The first-order valence-corrected chi connectivity index (χ1v) is 9.58. The van der Waals surface area contributed by atoms with E-state index in [0.717, 1.165) is 11.1 Å². The van der Waals surface area contributed by atoms with Crippen LogP contribution in [0.15, 0.2) is 84.9 Å². The molecular weight excluding hydrogens is 392 g/mol. The van der Waals surface area contributed by atoms with Crippen LogP contribution in [0.2, 0.25) is 0 Å². The Morgan fingerprint density at radius 3 is 2.03 bits per heavy atom. The maximum atomic E-state index is 12.6. The van der Waals surface area contributed by atoms with E-state index in [9.17, 15) is 9.59 Å². The molecule has 0 aliphatic rings. The van der Waals surface area contributed by atoms with Crippen molar-refractivity contribution in [3.05, 3.63) is 102 Å². The summed E-state index contributed by atoms with van der Waals surface area (Å²) >= 11 is 0. The molecular formula is C26H22O5. The maximum Gasteiger partial charge on any atom is 0.336 e. The van der Waals surface area contributed by atoms with E-state index in [1.165, 1.54) is 26.4 Å². The summed E-state index contributed by atoms with van der Waals surface area (Å²) < 4.78 is 15.7. The Morgan fingerprint density at radius 2 is 1.35 bits per heavy atom. The molecule has 0 N–H and O–H groups in total. The van der Waals surface area contributed by atoms with Crippen LogP contribution in [0.4, 0.5) is 0 Å². The second-order valence-electron chi connectivity index (χ2n) is 6.50. The molecule has 0 bridgehead atoms. The van der Waals surface area contributed by atoms with Gasteiger partial charge in [0.1, 0.15) is 17.2 Å². The van der Waals surface area contributed by atoms with E-state index in [1.54, 1.807) is 54.6 Å². The molecule has 0 unspecified atom stereocenters. The third-order valence-electron chi connectivity index (χ3n) is 4.41. The van der Waals surface area contributed by atoms with Crippen LogP contribution in [-0.4, -0.2) is 26.0 Å². The Hall–Kier alpha value is -4.12. The molecule has 5 heteroatoms. The van der Waals surface area contributed by atoms with E-state index in [1.807, 2.05) is 30.3 Å². The van der Waals surface area contributed by atoms with Gasteiger partial charge >= 0.3 is 5.97 Å². The molecule has 3 aromatic carbocycles. The van der Waals surface area contributed by atoms with Crippen molar-refractivity contribution in [2.75, 3.05) is 14.2 Å². The van der Waals surface area contributed by atoms with E-state index in [0.29, 0.717) is 22.8 Å². The fourth-order valence-corrected chi connectivity index (χ4v) is 2.79. The lowest BCUT2D eigenvalue weighted by atomic mass is 10.1. The summed E-state index contributed by atoms with van der Waals surface area (Å²) in [5.74, 6) is 0.789. The first kappa shape index (κ1) is 21.6. The quantitative estimate of drug-likeness (QED) is 0.219. The Labute approximate surface area is 181 Å². The van der Waals surface area contributed by atoms with E-state index >= 15 is 0 Å². The fourth-order valence-electron chi connectivity index (χ4n) is 2.79. The molecule has 0 saturated heterocycles. The van der Waals surface area contributed by atoms with Gasteiger partial charge in [0.05, 0.1) is 19.8 Å². The predicted octanol–water partition coefficient (Wildman–Crippen LogP) is 5.22. The molecule has 3 rings (SSSR count). The second-order valence-corrected chi connectivity index (χ2v) is 6.50. The average Bonchev–Trinajstić information content (AvgIpc) is 2.82. The summed E-state index contributed by atoms with van der Waals surface area (Å²) in [6.45, 7) is 0. The number of esters is 1. The number of benzene rings is 3. The SMILES string of the molecule is COc1ccc(OC)c(C(=O)/C=C/c2ccc(OC(=O)/C=C/c3ccccc3)cc2)c1. The summed E-state index contributed by atoms with van der Waals surface area (Å²) in [5, 5.41) is 0. The Morgan fingerprint density at radius 1 is 0.710 bits per heavy atom. The molecule has 0 heterocycles. The fraction of sp³-hybridized carbons (Fsp3) is 0.0769. The Bertz CT molecular complexity index is 1100. The molecule has 0 aromatic heterocycles. The van der Waals surface area contributed by atoms with Gasteiger partial charge in [0.15, 0.2) is 5.78 Å². The molecule has 0 amide bonds. The zero-order chi connectivity index (χ0) is 22.1. The molecule has 0 aliphatic heterocycles. The van der Waals surface area contributed by atoms with Crippen LogP contribution < -0.4 is 14.2 Å². The number of allylic oxidation sites excluding steroid dienone is 1. The first-order valence-electron chi connectivity index (χ1n) is 9.58. The number of methoxy groups -OCH3 is 2. The highest BCUT2D eigenvalue weighted by Crippen LogP contribution is 2.25. The van der Waals surface area contributed by atoms with Crippen LogP contribution in [0.25, 0.3) is 12.2 Å². The molecule has 156 valence electrons. The van der Waals surface area contributed by atoms with Crippen molar-refractivity contribution in [2.45, 2.75) is 0 Å². The smallest absolute Gasteiger partial charge is 0.336 e. The number of hydrogen-bond donors (Lipinski definition) is 0. The summed E-state index contributed by atoms with van der Waals surface area (Å²) in [6, 6.07) is 21.4. The summed E-state index contributed by atoms with van der Waals surface area (Å²) in [5.41, 5.74) is 2.11. The van der Waals surface area contributed by atoms with Crippen LogP contribution in [0, 0.1) is 0 Å². The van der Waals surface area contributed by atoms with E-state index in [4.69, 9.17) is 14.2 Å². The number of hydrogen-bond acceptors (Lipinski definition) is 5. The summed E-state index contributed by atoms with van der Waals surface area (Å²) in [6.07, 6.45) is 6.21. The number of carbonyl (C=O) groups is 2. The van der Waals surface area contributed by atoms with Crippen molar-refractivity contribution in [1.82, 2.24) is 0 Å². The molecule has 0 saturated carbocycles. The minimum atomic E-state index is -0.465. The lowest BCUT2D eigenvalue weighted by Crippen LogP contribution is -2.03. The molecule has 0 fully saturated rings. The number of ether oxygens (including phenoxy) is 3. The predicted molar refractivity (Wildman–Crippen MR) is 120 cm³/mol. The van der Waals surface area contributed by atoms with Crippen molar-refractivity contribution in [2.24, 2.45) is 0 Å². The lowest BCUT2D eigenvalue weighted by molar-refractivity contribution is -0.128. The first-order chi connectivity index (χ1) is 15.1. The molecule has 0 radical (unpaired) electrons. The largest absolute Gasteiger partial charge is 0.497 e. The Balaban J connectivity index is 1.62. The highest BCUT2D eigenvalue weighted by atomic mass is 16.5. The zero-order valence-corrected chi connectivity index (χ0v) is 17.3. The standard InChI is InChI=1S/C26H22O5/c1-29-22-14-16-25(30-2)23(18-22)24(27)15-10-20-8-12-21(13-9-20)31-26(28)17-11-19-6-4-3-5-7-19/h3-18H,1-2H3/b15-10+,17-11+. The molecule has 31 heavy (non-hydrogen) atoms. The molecule has 0 aliphatic carbocycles. The third kappa shape index (κ3) is 6.18. The monoisotopic (exact) mass is 414 g/mol. The third-order valence-corrected chi connectivity index (χ3v) is 4.41. The van der Waals surface area contributed by atoms with E-state index in [2.05, 4.69) is 0 Å². The van der Waals surface area contributed by atoms with Gasteiger partial charge in [-0.25, -0.2) is 4.79 Å². The number of rotatable bonds is 8. The van der Waals surface area contributed by atoms with E-state index in [-0.39, 0.29) is 5.78 Å². The average molecular weight is 414 g/mol. The van der Waals surface area contributed by atoms with Crippen LogP contribution in [-0.2, 0) is 4.79 Å². The van der Waals surface area contributed by atoms with Gasteiger partial charge in [0.25, 0.3) is 0 Å². The molecule has 5 nitrogen and oxygen atoms in total. The maximum absolute atomic E-state index is 12.6. The summed E-state index contributed by atoms with van der Waals surface area (Å²) in [7, 11) is 3.05. The lowest BCUT2D eigenvalue weighted by Gasteiger charge is -2.07. The Kier molecular flexibility index (Phi) is 7.38. The van der Waals surface area contributed by atoms with E-state index < -0.39 is 5.97 Å². The van der Waals surface area contributed by atoms with Crippen LogP contribution in [0.5, 0.6) is 17.2 Å². The highest BCUT2D eigenvalue weighted by Gasteiger charge is 2.11. The van der Waals surface area contributed by atoms with Crippen molar-refractivity contribution < 1.29 is 23.8 Å². The van der Waals surface area contributed by atoms with Crippen molar-refractivity contribution in [1.29, 1.82) is 0 Å². The van der Waals surface area contributed by atoms with Crippen LogP contribution >= 0.6 is 0 Å². The number of carbonyl (C=O) groups excluding carboxylic acids is 2. The number of ketones is 1. The second kappa shape index (κ2) is 10.6. The van der Waals surface area contributed by atoms with Gasteiger partial charge < -0.3 is 14.2 Å². The van der Waals surface area contributed by atoms with Crippen molar-refractivity contribution in [3.63, 3.8) is 0 Å². The van der Waals surface area contributed by atoms with Gasteiger partial charge in [0.2, 0.25) is 0 Å². The van der Waals surface area contributed by atoms with Crippen LogP contribution in [0.1, 0.15) is 21.5 Å². The summed E-state index contributed by atoms with van der Waals surface area (Å²) in [4.78, 5) is 24.5. The van der Waals surface area contributed by atoms with Gasteiger partial charge in [0, 0.05) is 6.08 Å². The molecule has 3 aromatic rings. The van der Waals surface area contributed by atoms with Crippen molar-refractivity contribution in [3.8, 4) is 17.2 Å². The van der Waals surface area contributed by atoms with Gasteiger partial charge in [-0.3, -0.25) is 4.79 Å². The van der Waals surface area contributed by atoms with Gasteiger partial charge in [-0.2, -0.15) is 0 Å².